The number of unbranched alkanes of at least 4 members (excludes halogenated alkanes) is 5. The van der Waals surface area contributed by atoms with Crippen LogP contribution < -0.4 is 34.7 Å². The number of esters is 1. The minimum atomic E-state index is -1.04. The predicted octanol–water partition coefficient (Wildman–Crippen LogP) is -0.843. The molecule has 0 aromatic heterocycles. The largest absolute Gasteiger partial charge is 1.00 e. The number of carbonyl (C=O) groups excluding carboxylic acids is 2. The molecule has 0 radical (unpaired) electrons. The standard InChI is InChI=1S/C14H26O4S.Na/c1-2-3-4-5-6-7-10-18-14(17)9-12-19-11-8-13(15)16;/h2-12H2,1H3,(H,15,16);/q;+1/p-1. The molecule has 20 heavy (non-hydrogen) atoms. The maximum atomic E-state index is 11.3. The van der Waals surface area contributed by atoms with E-state index in [0.717, 1.165) is 12.8 Å². The van der Waals surface area contributed by atoms with Gasteiger partial charge in [-0.1, -0.05) is 39.0 Å². The molecule has 0 unspecified atom stereocenters. The molecule has 0 fully saturated rings. The number of aliphatic carboxylic acids is 1. The van der Waals surface area contributed by atoms with E-state index < -0.39 is 5.97 Å². The first kappa shape index (κ1) is 22.6. The Morgan fingerprint density at radius 2 is 1.60 bits per heavy atom. The van der Waals surface area contributed by atoms with E-state index in [1.807, 2.05) is 0 Å². The molecule has 0 aliphatic rings. The second-order valence-electron chi connectivity index (χ2n) is 4.47. The van der Waals surface area contributed by atoms with Gasteiger partial charge in [-0.3, -0.25) is 4.79 Å². The summed E-state index contributed by atoms with van der Waals surface area (Å²) in [5.74, 6) is -0.122. The minimum absolute atomic E-state index is 0. The molecule has 0 rings (SSSR count). The Kier molecular flexibility index (Phi) is 19.6. The van der Waals surface area contributed by atoms with Gasteiger partial charge in [-0.2, -0.15) is 11.8 Å². The van der Waals surface area contributed by atoms with Crippen molar-refractivity contribution in [1.29, 1.82) is 0 Å². The Morgan fingerprint density at radius 3 is 2.25 bits per heavy atom. The summed E-state index contributed by atoms with van der Waals surface area (Å²) in [7, 11) is 0. The smallest absolute Gasteiger partial charge is 0.550 e. The third kappa shape index (κ3) is 18.3. The molecular formula is C14H25NaO4S. The number of hydrogen-bond donors (Lipinski definition) is 0. The fourth-order valence-corrected chi connectivity index (χ4v) is 2.38. The average Bonchev–Trinajstić information content (AvgIpc) is 2.37. The molecule has 0 aromatic rings. The monoisotopic (exact) mass is 312 g/mol. The van der Waals surface area contributed by atoms with Gasteiger partial charge < -0.3 is 14.6 Å². The van der Waals surface area contributed by atoms with Gasteiger partial charge in [0.25, 0.3) is 0 Å². The van der Waals surface area contributed by atoms with Gasteiger partial charge in [0.1, 0.15) is 0 Å². The first-order valence-electron chi connectivity index (χ1n) is 7.10. The Morgan fingerprint density at radius 1 is 1.00 bits per heavy atom. The molecule has 0 N–H and O–H groups in total. The maximum Gasteiger partial charge on any atom is 1.00 e. The van der Waals surface area contributed by atoms with Gasteiger partial charge in [-0.15, -0.1) is 0 Å². The summed E-state index contributed by atoms with van der Waals surface area (Å²) in [6.07, 6.45) is 7.45. The Bertz CT molecular complexity index is 249. The number of carbonyl (C=O) groups is 2. The average molecular weight is 312 g/mol. The van der Waals surface area contributed by atoms with Crippen molar-refractivity contribution in [3.8, 4) is 0 Å². The van der Waals surface area contributed by atoms with Gasteiger partial charge in [-0.25, -0.2) is 0 Å². The van der Waals surface area contributed by atoms with Crippen LogP contribution in [-0.2, 0) is 14.3 Å². The number of rotatable bonds is 13. The third-order valence-corrected chi connectivity index (χ3v) is 3.65. The van der Waals surface area contributed by atoms with E-state index in [-0.39, 0.29) is 41.9 Å². The Labute approximate surface area is 148 Å². The molecule has 112 valence electrons. The molecule has 0 heterocycles. The van der Waals surface area contributed by atoms with Crippen molar-refractivity contribution in [3.63, 3.8) is 0 Å². The van der Waals surface area contributed by atoms with Gasteiger partial charge in [0.2, 0.25) is 0 Å². The van der Waals surface area contributed by atoms with Crippen LogP contribution in [0.15, 0.2) is 0 Å². The van der Waals surface area contributed by atoms with E-state index in [9.17, 15) is 14.7 Å². The van der Waals surface area contributed by atoms with Crippen LogP contribution in [0.2, 0.25) is 0 Å². The molecule has 0 saturated carbocycles. The molecule has 0 bridgehead atoms. The van der Waals surface area contributed by atoms with Crippen molar-refractivity contribution in [3.05, 3.63) is 0 Å². The van der Waals surface area contributed by atoms with Crippen LogP contribution in [0.3, 0.4) is 0 Å². The van der Waals surface area contributed by atoms with Crippen LogP contribution in [-0.4, -0.2) is 30.1 Å². The van der Waals surface area contributed by atoms with Crippen molar-refractivity contribution in [2.24, 2.45) is 0 Å². The summed E-state index contributed by atoms with van der Waals surface area (Å²) >= 11 is 1.44. The summed E-state index contributed by atoms with van der Waals surface area (Å²) in [5, 5.41) is 10.1. The van der Waals surface area contributed by atoms with Crippen molar-refractivity contribution < 1.29 is 49.0 Å². The third-order valence-electron chi connectivity index (χ3n) is 2.66. The molecule has 0 aliphatic heterocycles. The van der Waals surface area contributed by atoms with E-state index in [2.05, 4.69) is 6.92 Å². The molecule has 4 nitrogen and oxygen atoms in total. The fourth-order valence-electron chi connectivity index (χ4n) is 1.55. The first-order valence-corrected chi connectivity index (χ1v) is 8.25. The zero-order valence-corrected chi connectivity index (χ0v) is 15.6. The van der Waals surface area contributed by atoms with Gasteiger partial charge in [0.05, 0.1) is 13.0 Å². The fraction of sp³-hybridized carbons (Fsp3) is 0.857. The summed E-state index contributed by atoms with van der Waals surface area (Å²) in [5.41, 5.74) is 0. The second kappa shape index (κ2) is 17.3. The molecule has 0 saturated heterocycles. The number of carboxylic acids is 1. The maximum absolute atomic E-state index is 11.3. The van der Waals surface area contributed by atoms with Gasteiger partial charge in [0, 0.05) is 11.7 Å². The zero-order valence-electron chi connectivity index (χ0n) is 12.8. The van der Waals surface area contributed by atoms with E-state index in [0.29, 0.717) is 24.5 Å². The Balaban J connectivity index is 0. The molecule has 0 amide bonds. The normalized spacial score (nSPS) is 9.85. The Hall–Kier alpha value is 0.290. The van der Waals surface area contributed by atoms with Gasteiger partial charge in [0.15, 0.2) is 0 Å². The molecule has 0 spiro atoms. The first-order chi connectivity index (χ1) is 9.16. The van der Waals surface area contributed by atoms with Crippen LogP contribution in [0.25, 0.3) is 0 Å². The summed E-state index contributed by atoms with van der Waals surface area (Å²) in [6.45, 7) is 2.70. The number of thioether (sulfide) groups is 1. The van der Waals surface area contributed by atoms with Gasteiger partial charge >= 0.3 is 35.5 Å². The number of carboxylic acid groups (broad SMARTS) is 1. The van der Waals surface area contributed by atoms with E-state index in [4.69, 9.17) is 4.74 Å². The SMILES string of the molecule is CCCCCCCCOC(=O)CCSCCC(=O)[O-].[Na+]. The molecule has 0 aromatic carbocycles. The van der Waals surface area contributed by atoms with Crippen LogP contribution >= 0.6 is 11.8 Å². The van der Waals surface area contributed by atoms with Crippen LogP contribution in [0.4, 0.5) is 0 Å². The molecule has 0 atom stereocenters. The predicted molar refractivity (Wildman–Crippen MR) is 75.9 cm³/mol. The van der Waals surface area contributed by atoms with E-state index in [1.54, 1.807) is 0 Å². The molecular weight excluding hydrogens is 287 g/mol. The van der Waals surface area contributed by atoms with Gasteiger partial charge in [-0.05, 0) is 18.6 Å². The van der Waals surface area contributed by atoms with Crippen LogP contribution in [0.5, 0.6) is 0 Å². The van der Waals surface area contributed by atoms with Crippen LogP contribution in [0, 0.1) is 0 Å². The minimum Gasteiger partial charge on any atom is -0.550 e. The number of hydrogen-bond acceptors (Lipinski definition) is 5. The number of ether oxygens (including phenoxy) is 1. The topological polar surface area (TPSA) is 66.4 Å². The van der Waals surface area contributed by atoms with Crippen molar-refractivity contribution in [1.82, 2.24) is 0 Å². The van der Waals surface area contributed by atoms with E-state index in [1.165, 1.54) is 37.4 Å². The molecule has 0 aliphatic carbocycles. The zero-order chi connectivity index (χ0) is 14.3. The van der Waals surface area contributed by atoms with E-state index >= 15 is 0 Å². The quantitative estimate of drug-likeness (QED) is 0.252. The van der Waals surface area contributed by atoms with Crippen molar-refractivity contribution >= 4 is 23.7 Å². The van der Waals surface area contributed by atoms with Crippen LogP contribution in [0.1, 0.15) is 58.3 Å². The molecule has 6 heteroatoms. The summed E-state index contributed by atoms with van der Waals surface area (Å²) in [6, 6.07) is 0. The summed E-state index contributed by atoms with van der Waals surface area (Å²) < 4.78 is 5.10. The van der Waals surface area contributed by atoms with Crippen molar-refractivity contribution in [2.45, 2.75) is 58.3 Å². The summed E-state index contributed by atoms with van der Waals surface area (Å²) in [4.78, 5) is 21.5. The second-order valence-corrected chi connectivity index (χ2v) is 5.70. The van der Waals surface area contributed by atoms with Crippen molar-refractivity contribution in [2.75, 3.05) is 18.1 Å².